The molecule has 1 aliphatic rings. The second-order valence-corrected chi connectivity index (χ2v) is 6.20. The monoisotopic (exact) mass is 358 g/mol. The predicted octanol–water partition coefficient (Wildman–Crippen LogP) is 4.02. The molecule has 128 valence electrons. The van der Waals surface area contributed by atoms with Gasteiger partial charge in [-0.15, -0.1) is 0 Å². The smallest absolute Gasteiger partial charge is 0.251 e. The van der Waals surface area contributed by atoms with Crippen molar-refractivity contribution in [3.05, 3.63) is 70.5 Å². The number of nitrogens with one attached hydrogen (secondary N) is 2. The molecule has 2 aromatic rings. The molecule has 3 rings (SSSR count). The number of hydrogen-bond acceptors (Lipinski definition) is 2. The zero-order valence-electron chi connectivity index (χ0n) is 13.3. The lowest BCUT2D eigenvalue weighted by Crippen LogP contribution is -2.25. The molecule has 0 aliphatic heterocycles. The topological polar surface area (TPSA) is 58.2 Å². The Morgan fingerprint density at radius 3 is 2.52 bits per heavy atom. The summed E-state index contributed by atoms with van der Waals surface area (Å²) in [6.45, 7) is 0. The van der Waals surface area contributed by atoms with E-state index in [0.29, 0.717) is 11.6 Å². The van der Waals surface area contributed by atoms with Gasteiger partial charge in [-0.3, -0.25) is 9.59 Å². The Morgan fingerprint density at radius 1 is 1.12 bits per heavy atom. The van der Waals surface area contributed by atoms with Crippen molar-refractivity contribution in [2.45, 2.75) is 18.9 Å². The van der Waals surface area contributed by atoms with Crippen molar-refractivity contribution in [2.75, 3.05) is 5.32 Å². The van der Waals surface area contributed by atoms with Crippen LogP contribution in [0.4, 0.5) is 10.1 Å². The molecule has 1 aliphatic carbocycles. The Bertz CT molecular complexity index is 830. The van der Waals surface area contributed by atoms with Crippen molar-refractivity contribution in [1.29, 1.82) is 0 Å². The number of rotatable bonds is 5. The molecule has 1 fully saturated rings. The Balaban J connectivity index is 1.60. The van der Waals surface area contributed by atoms with Gasteiger partial charge in [-0.05, 0) is 48.7 Å². The van der Waals surface area contributed by atoms with Gasteiger partial charge in [0.05, 0.1) is 10.7 Å². The van der Waals surface area contributed by atoms with E-state index >= 15 is 0 Å². The standard InChI is InChI=1S/C19H16ClFN2O2/c20-15-2-1-3-16(18(15)21)23-17(24)11-6-12-4-7-13(8-5-12)19(25)22-14-9-10-14/h1-8,11,14H,9-10H2,(H,22,25)(H,23,24)/b11-6+. The molecule has 0 heterocycles. The number of carbonyl (C=O) groups is 2. The number of benzene rings is 2. The minimum Gasteiger partial charge on any atom is -0.349 e. The van der Waals surface area contributed by atoms with Crippen molar-refractivity contribution in [2.24, 2.45) is 0 Å². The van der Waals surface area contributed by atoms with Gasteiger partial charge in [0.25, 0.3) is 5.91 Å². The van der Waals surface area contributed by atoms with E-state index in [-0.39, 0.29) is 16.6 Å². The van der Waals surface area contributed by atoms with E-state index in [0.717, 1.165) is 18.4 Å². The molecule has 6 heteroatoms. The van der Waals surface area contributed by atoms with Gasteiger partial charge in [-0.25, -0.2) is 4.39 Å². The first kappa shape index (κ1) is 17.2. The lowest BCUT2D eigenvalue weighted by molar-refractivity contribution is -0.111. The Labute approximate surface area is 149 Å². The summed E-state index contributed by atoms with van der Waals surface area (Å²) < 4.78 is 13.7. The number of amides is 2. The maximum atomic E-state index is 13.7. The van der Waals surface area contributed by atoms with E-state index in [2.05, 4.69) is 10.6 Å². The van der Waals surface area contributed by atoms with Crippen LogP contribution in [0.25, 0.3) is 6.08 Å². The van der Waals surface area contributed by atoms with Crippen LogP contribution in [-0.4, -0.2) is 17.9 Å². The lowest BCUT2D eigenvalue weighted by atomic mass is 10.1. The largest absolute Gasteiger partial charge is 0.349 e. The van der Waals surface area contributed by atoms with E-state index in [4.69, 9.17) is 11.6 Å². The third-order valence-electron chi connectivity index (χ3n) is 3.72. The van der Waals surface area contributed by atoms with Crippen LogP contribution in [-0.2, 0) is 4.79 Å². The highest BCUT2D eigenvalue weighted by atomic mass is 35.5. The Morgan fingerprint density at radius 2 is 1.84 bits per heavy atom. The summed E-state index contributed by atoms with van der Waals surface area (Å²) in [4.78, 5) is 23.8. The number of halogens is 2. The summed E-state index contributed by atoms with van der Waals surface area (Å²) in [5, 5.41) is 5.29. The minimum absolute atomic E-state index is 0.0224. The quantitative estimate of drug-likeness (QED) is 0.793. The SMILES string of the molecule is O=C(/C=C/c1ccc(C(=O)NC2CC2)cc1)Nc1cccc(Cl)c1F. The maximum Gasteiger partial charge on any atom is 0.251 e. The highest BCUT2D eigenvalue weighted by molar-refractivity contribution is 6.31. The first-order chi connectivity index (χ1) is 12.0. The van der Waals surface area contributed by atoms with E-state index in [1.54, 1.807) is 36.4 Å². The van der Waals surface area contributed by atoms with Gasteiger partial charge < -0.3 is 10.6 Å². The van der Waals surface area contributed by atoms with Crippen molar-refractivity contribution in [1.82, 2.24) is 5.32 Å². The highest BCUT2D eigenvalue weighted by Gasteiger charge is 2.23. The highest BCUT2D eigenvalue weighted by Crippen LogP contribution is 2.22. The third kappa shape index (κ3) is 4.67. The van der Waals surface area contributed by atoms with Crippen LogP contribution in [0, 0.1) is 5.82 Å². The van der Waals surface area contributed by atoms with Crippen LogP contribution in [0.3, 0.4) is 0 Å². The average Bonchev–Trinajstić information content (AvgIpc) is 3.41. The molecule has 1 saturated carbocycles. The van der Waals surface area contributed by atoms with Crippen LogP contribution in [0.5, 0.6) is 0 Å². The van der Waals surface area contributed by atoms with Gasteiger partial charge in [-0.1, -0.05) is 29.8 Å². The summed E-state index contributed by atoms with van der Waals surface area (Å²) in [5.41, 5.74) is 1.36. The summed E-state index contributed by atoms with van der Waals surface area (Å²) in [6, 6.07) is 11.6. The molecule has 0 spiro atoms. The van der Waals surface area contributed by atoms with Crippen LogP contribution in [0.1, 0.15) is 28.8 Å². The summed E-state index contributed by atoms with van der Waals surface area (Å²) in [6.07, 6.45) is 4.95. The van der Waals surface area contributed by atoms with E-state index < -0.39 is 11.7 Å². The van der Waals surface area contributed by atoms with Gasteiger partial charge >= 0.3 is 0 Å². The summed E-state index contributed by atoms with van der Waals surface area (Å²) in [5.74, 6) is -1.24. The van der Waals surface area contributed by atoms with Crippen LogP contribution < -0.4 is 10.6 Å². The molecule has 2 aromatic carbocycles. The summed E-state index contributed by atoms with van der Waals surface area (Å²) >= 11 is 5.67. The predicted molar refractivity (Wildman–Crippen MR) is 96.0 cm³/mol. The Kier molecular flexibility index (Phi) is 5.14. The first-order valence-electron chi connectivity index (χ1n) is 7.87. The number of anilines is 1. The fourth-order valence-corrected chi connectivity index (χ4v) is 2.36. The van der Waals surface area contributed by atoms with Gasteiger partial charge in [0.1, 0.15) is 0 Å². The third-order valence-corrected chi connectivity index (χ3v) is 4.01. The summed E-state index contributed by atoms with van der Waals surface area (Å²) in [7, 11) is 0. The molecule has 4 nitrogen and oxygen atoms in total. The molecule has 2 N–H and O–H groups in total. The van der Waals surface area contributed by atoms with Crippen molar-refractivity contribution in [3.8, 4) is 0 Å². The zero-order valence-corrected chi connectivity index (χ0v) is 14.0. The van der Waals surface area contributed by atoms with E-state index in [9.17, 15) is 14.0 Å². The zero-order chi connectivity index (χ0) is 17.8. The van der Waals surface area contributed by atoms with Crippen LogP contribution in [0.2, 0.25) is 5.02 Å². The maximum absolute atomic E-state index is 13.7. The van der Waals surface area contributed by atoms with Gasteiger partial charge in [0.15, 0.2) is 5.82 Å². The van der Waals surface area contributed by atoms with Gasteiger partial charge in [0, 0.05) is 17.7 Å². The average molecular weight is 359 g/mol. The molecule has 25 heavy (non-hydrogen) atoms. The second kappa shape index (κ2) is 7.49. The number of carbonyl (C=O) groups excluding carboxylic acids is 2. The molecule has 0 atom stereocenters. The number of hydrogen-bond donors (Lipinski definition) is 2. The molecule has 0 bridgehead atoms. The molecular formula is C19H16ClFN2O2. The lowest BCUT2D eigenvalue weighted by Gasteiger charge is -2.05. The minimum atomic E-state index is -0.669. The Hall–Kier alpha value is -2.66. The van der Waals surface area contributed by atoms with E-state index in [1.807, 2.05) is 0 Å². The van der Waals surface area contributed by atoms with E-state index in [1.165, 1.54) is 18.2 Å². The fourth-order valence-electron chi connectivity index (χ4n) is 2.19. The molecule has 0 unspecified atom stereocenters. The molecule has 0 radical (unpaired) electrons. The van der Waals surface area contributed by atoms with Crippen LogP contribution >= 0.6 is 11.6 Å². The molecule has 2 amide bonds. The first-order valence-corrected chi connectivity index (χ1v) is 8.25. The van der Waals surface area contributed by atoms with Crippen molar-refractivity contribution >= 4 is 35.2 Å². The molecule has 0 saturated heterocycles. The molecule has 0 aromatic heterocycles. The fraction of sp³-hybridized carbons (Fsp3) is 0.158. The van der Waals surface area contributed by atoms with Gasteiger partial charge in [0.2, 0.25) is 5.91 Å². The van der Waals surface area contributed by atoms with Gasteiger partial charge in [-0.2, -0.15) is 0 Å². The van der Waals surface area contributed by atoms with Crippen LogP contribution in [0.15, 0.2) is 48.5 Å². The van der Waals surface area contributed by atoms with Crippen molar-refractivity contribution in [3.63, 3.8) is 0 Å². The molecular weight excluding hydrogens is 343 g/mol. The van der Waals surface area contributed by atoms with Crippen molar-refractivity contribution < 1.29 is 14.0 Å². The second-order valence-electron chi connectivity index (χ2n) is 5.79. The normalized spacial score (nSPS) is 13.7.